The molecule has 1 aliphatic heterocycles. The van der Waals surface area contributed by atoms with Crippen molar-refractivity contribution in [1.82, 2.24) is 0 Å². The number of imide groups is 1. The first-order valence-electron chi connectivity index (χ1n) is 10.4. The molecule has 0 radical (unpaired) electrons. The van der Waals surface area contributed by atoms with E-state index in [1.54, 1.807) is 24.3 Å². The lowest BCUT2D eigenvalue weighted by Gasteiger charge is -2.16. The van der Waals surface area contributed by atoms with Gasteiger partial charge in [-0.15, -0.1) is 0 Å². The van der Waals surface area contributed by atoms with Gasteiger partial charge in [0.15, 0.2) is 0 Å². The van der Waals surface area contributed by atoms with Crippen LogP contribution in [0, 0.1) is 6.92 Å². The average Bonchev–Trinajstić information content (AvgIpc) is 3.05. The summed E-state index contributed by atoms with van der Waals surface area (Å²) < 4.78 is 11.2. The van der Waals surface area contributed by atoms with Gasteiger partial charge in [0.2, 0.25) is 0 Å². The average molecular weight is 428 g/mol. The fraction of sp³-hybridized carbons (Fsp3) is 0.154. The summed E-state index contributed by atoms with van der Waals surface area (Å²) in [6.07, 6.45) is 0. The van der Waals surface area contributed by atoms with Crippen molar-refractivity contribution in [2.24, 2.45) is 0 Å². The maximum absolute atomic E-state index is 13.6. The van der Waals surface area contributed by atoms with Gasteiger partial charge in [0.25, 0.3) is 11.8 Å². The molecule has 32 heavy (non-hydrogen) atoms. The molecule has 0 bridgehead atoms. The number of hydrogen-bond donors (Lipinski definition) is 1. The molecule has 6 nitrogen and oxygen atoms in total. The molecule has 3 aromatic rings. The number of amides is 2. The molecule has 0 saturated carbocycles. The van der Waals surface area contributed by atoms with Gasteiger partial charge in [0.1, 0.15) is 17.2 Å². The quantitative estimate of drug-likeness (QED) is 0.548. The Morgan fingerprint density at radius 2 is 1.50 bits per heavy atom. The fourth-order valence-electron chi connectivity index (χ4n) is 3.66. The van der Waals surface area contributed by atoms with E-state index < -0.39 is 11.8 Å². The van der Waals surface area contributed by atoms with Gasteiger partial charge in [-0.1, -0.05) is 48.0 Å². The molecule has 0 atom stereocenters. The zero-order chi connectivity index (χ0) is 22.7. The molecule has 6 heteroatoms. The van der Waals surface area contributed by atoms with E-state index in [4.69, 9.17) is 9.47 Å². The summed E-state index contributed by atoms with van der Waals surface area (Å²) in [5, 5.41) is 3.17. The topological polar surface area (TPSA) is 67.9 Å². The predicted molar refractivity (Wildman–Crippen MR) is 125 cm³/mol. The molecule has 162 valence electrons. The van der Waals surface area contributed by atoms with E-state index in [0.717, 1.165) is 5.56 Å². The maximum Gasteiger partial charge on any atom is 0.282 e. The van der Waals surface area contributed by atoms with Crippen molar-refractivity contribution in [3.63, 3.8) is 0 Å². The second-order valence-electron chi connectivity index (χ2n) is 7.29. The standard InChI is InChI=1S/C26H24N2O4/c1-4-32-22-12-8-6-10-20(22)27-24-23(19-9-5-7-11-21(19)31-3)25(29)28(26(24)30)18-15-13-17(2)14-16-18/h5-16,27H,4H2,1-3H3. The van der Waals surface area contributed by atoms with Crippen molar-refractivity contribution >= 4 is 28.8 Å². The molecular formula is C26H24N2O4. The fourth-order valence-corrected chi connectivity index (χ4v) is 3.66. The van der Waals surface area contributed by atoms with Gasteiger partial charge in [-0.05, 0) is 44.2 Å². The van der Waals surface area contributed by atoms with Gasteiger partial charge in [0, 0.05) is 5.56 Å². The highest BCUT2D eigenvalue weighted by Gasteiger charge is 2.41. The van der Waals surface area contributed by atoms with E-state index in [1.807, 2.05) is 62.4 Å². The van der Waals surface area contributed by atoms with Crippen molar-refractivity contribution in [2.45, 2.75) is 13.8 Å². The van der Waals surface area contributed by atoms with E-state index >= 15 is 0 Å². The van der Waals surface area contributed by atoms with Crippen molar-refractivity contribution < 1.29 is 19.1 Å². The van der Waals surface area contributed by atoms with Crippen LogP contribution in [0.4, 0.5) is 11.4 Å². The van der Waals surface area contributed by atoms with Crippen LogP contribution < -0.4 is 19.7 Å². The number of benzene rings is 3. The van der Waals surface area contributed by atoms with Crippen molar-refractivity contribution in [3.8, 4) is 11.5 Å². The van der Waals surface area contributed by atoms with E-state index in [0.29, 0.717) is 35.0 Å². The summed E-state index contributed by atoms with van der Waals surface area (Å²) in [5.74, 6) is 0.244. The minimum Gasteiger partial charge on any atom is -0.496 e. The number of carbonyl (C=O) groups is 2. The molecule has 1 aliphatic rings. The summed E-state index contributed by atoms with van der Waals surface area (Å²) in [6.45, 7) is 4.31. The first-order valence-corrected chi connectivity index (χ1v) is 10.4. The summed E-state index contributed by atoms with van der Waals surface area (Å²) in [4.78, 5) is 28.4. The van der Waals surface area contributed by atoms with Crippen LogP contribution in [0.1, 0.15) is 18.1 Å². The lowest BCUT2D eigenvalue weighted by molar-refractivity contribution is -0.120. The van der Waals surface area contributed by atoms with Crippen LogP contribution in [0.2, 0.25) is 0 Å². The molecule has 0 spiro atoms. The minimum absolute atomic E-state index is 0.173. The summed E-state index contributed by atoms with van der Waals surface area (Å²) in [5.41, 5.74) is 3.11. The first-order chi connectivity index (χ1) is 15.5. The Hall–Kier alpha value is -4.06. The Balaban J connectivity index is 1.86. The van der Waals surface area contributed by atoms with E-state index in [1.165, 1.54) is 12.0 Å². The van der Waals surface area contributed by atoms with Crippen LogP contribution >= 0.6 is 0 Å². The summed E-state index contributed by atoms with van der Waals surface area (Å²) >= 11 is 0. The third-order valence-corrected chi connectivity index (χ3v) is 5.20. The second-order valence-corrected chi connectivity index (χ2v) is 7.29. The molecule has 0 aromatic heterocycles. The summed E-state index contributed by atoms with van der Waals surface area (Å²) in [7, 11) is 1.54. The number of anilines is 2. The Kier molecular flexibility index (Phi) is 5.94. The van der Waals surface area contributed by atoms with Gasteiger partial charge >= 0.3 is 0 Å². The molecule has 0 aliphatic carbocycles. The highest BCUT2D eigenvalue weighted by Crippen LogP contribution is 2.38. The minimum atomic E-state index is -0.439. The van der Waals surface area contributed by atoms with Crippen molar-refractivity contribution in [1.29, 1.82) is 0 Å². The Morgan fingerprint density at radius 3 is 2.19 bits per heavy atom. The van der Waals surface area contributed by atoms with Crippen molar-refractivity contribution in [3.05, 3.63) is 89.6 Å². The molecule has 1 N–H and O–H groups in total. The molecule has 0 unspecified atom stereocenters. The van der Waals surface area contributed by atoms with Gasteiger partial charge in [-0.3, -0.25) is 9.59 Å². The van der Waals surface area contributed by atoms with E-state index in [2.05, 4.69) is 5.32 Å². The third-order valence-electron chi connectivity index (χ3n) is 5.20. The molecule has 0 fully saturated rings. The van der Waals surface area contributed by atoms with E-state index in [-0.39, 0.29) is 11.3 Å². The van der Waals surface area contributed by atoms with Crippen LogP contribution in [0.15, 0.2) is 78.5 Å². The number of methoxy groups -OCH3 is 1. The molecule has 3 aromatic carbocycles. The molecule has 1 heterocycles. The number of nitrogens with zero attached hydrogens (tertiary/aromatic N) is 1. The number of para-hydroxylation sites is 3. The predicted octanol–water partition coefficient (Wildman–Crippen LogP) is 4.80. The SMILES string of the molecule is CCOc1ccccc1NC1=C(c2ccccc2OC)C(=O)N(c2ccc(C)cc2)C1=O. The Labute approximate surface area is 187 Å². The lowest BCUT2D eigenvalue weighted by atomic mass is 10.0. The number of nitrogens with one attached hydrogen (secondary N) is 1. The Bertz CT molecular complexity index is 1200. The number of carbonyl (C=O) groups excluding carboxylic acids is 2. The molecule has 4 rings (SSSR count). The van der Waals surface area contributed by atoms with Crippen LogP contribution in [-0.4, -0.2) is 25.5 Å². The number of ether oxygens (including phenoxy) is 2. The zero-order valence-electron chi connectivity index (χ0n) is 18.2. The number of aryl methyl sites for hydroxylation is 1. The van der Waals surface area contributed by atoms with Crippen LogP contribution in [0.25, 0.3) is 5.57 Å². The highest BCUT2D eigenvalue weighted by molar-refractivity contribution is 6.46. The number of hydrogen-bond acceptors (Lipinski definition) is 5. The highest BCUT2D eigenvalue weighted by atomic mass is 16.5. The monoisotopic (exact) mass is 428 g/mol. The smallest absolute Gasteiger partial charge is 0.282 e. The first kappa shape index (κ1) is 21.2. The molecule has 0 saturated heterocycles. The van der Waals surface area contributed by atoms with Gasteiger partial charge in [-0.2, -0.15) is 0 Å². The molecular weight excluding hydrogens is 404 g/mol. The van der Waals surface area contributed by atoms with Gasteiger partial charge < -0.3 is 14.8 Å². The number of rotatable bonds is 7. The summed E-state index contributed by atoms with van der Waals surface area (Å²) in [6, 6.07) is 21.8. The van der Waals surface area contributed by atoms with E-state index in [9.17, 15) is 9.59 Å². The van der Waals surface area contributed by atoms with Crippen LogP contribution in [-0.2, 0) is 9.59 Å². The van der Waals surface area contributed by atoms with Crippen LogP contribution in [0.5, 0.6) is 11.5 Å². The molecule has 2 amide bonds. The third kappa shape index (κ3) is 3.83. The lowest BCUT2D eigenvalue weighted by Crippen LogP contribution is -2.32. The van der Waals surface area contributed by atoms with Crippen LogP contribution in [0.3, 0.4) is 0 Å². The second kappa shape index (κ2) is 8.98. The van der Waals surface area contributed by atoms with Gasteiger partial charge in [-0.25, -0.2) is 4.90 Å². The van der Waals surface area contributed by atoms with Crippen molar-refractivity contribution in [2.75, 3.05) is 23.9 Å². The Morgan fingerprint density at radius 1 is 0.844 bits per heavy atom. The zero-order valence-corrected chi connectivity index (χ0v) is 18.2. The van der Waals surface area contributed by atoms with Gasteiger partial charge in [0.05, 0.1) is 30.7 Å². The largest absolute Gasteiger partial charge is 0.496 e. The normalized spacial score (nSPS) is 13.5. The maximum atomic E-state index is 13.6.